The number of hydrogen-bond acceptors (Lipinski definition) is 5. The quantitative estimate of drug-likeness (QED) is 0.692. The zero-order valence-electron chi connectivity index (χ0n) is 10.3. The molecule has 0 aliphatic carbocycles. The lowest BCUT2D eigenvalue weighted by molar-refractivity contribution is 0.0472. The van der Waals surface area contributed by atoms with Gasteiger partial charge in [-0.05, 0) is 24.3 Å². The van der Waals surface area contributed by atoms with Gasteiger partial charge >= 0.3 is 5.97 Å². The highest BCUT2D eigenvalue weighted by molar-refractivity contribution is 6.33. The van der Waals surface area contributed by atoms with Crippen molar-refractivity contribution in [3.8, 4) is 6.07 Å². The molecule has 2 aromatic rings. The van der Waals surface area contributed by atoms with Crippen LogP contribution in [0.4, 0.5) is 5.69 Å². The number of hydrogen-bond donors (Lipinski definition) is 1. The minimum atomic E-state index is -0.542. The summed E-state index contributed by atoms with van der Waals surface area (Å²) in [5.41, 5.74) is 7.03. The molecule has 2 N–H and O–H groups in total. The van der Waals surface area contributed by atoms with E-state index in [-0.39, 0.29) is 12.3 Å². The molecule has 0 aliphatic rings. The van der Waals surface area contributed by atoms with Crippen molar-refractivity contribution in [3.05, 3.63) is 58.4 Å². The summed E-state index contributed by atoms with van der Waals surface area (Å²) in [6.45, 7) is -0.0302. The first kappa shape index (κ1) is 13.8. The highest BCUT2D eigenvalue weighted by atomic mass is 35.5. The molecule has 0 aliphatic heterocycles. The van der Waals surface area contributed by atoms with Crippen LogP contribution in [-0.2, 0) is 11.3 Å². The molecule has 1 aromatic carbocycles. The summed E-state index contributed by atoms with van der Waals surface area (Å²) in [7, 11) is 0. The number of esters is 1. The van der Waals surface area contributed by atoms with Crippen molar-refractivity contribution in [2.45, 2.75) is 6.61 Å². The van der Waals surface area contributed by atoms with Gasteiger partial charge in [-0.15, -0.1) is 0 Å². The molecule has 1 heterocycles. The number of aromatic nitrogens is 1. The molecule has 20 heavy (non-hydrogen) atoms. The molecule has 0 fully saturated rings. The minimum Gasteiger partial charge on any atom is -0.457 e. The van der Waals surface area contributed by atoms with Gasteiger partial charge in [-0.3, -0.25) is 0 Å². The van der Waals surface area contributed by atoms with Gasteiger partial charge in [0.15, 0.2) is 0 Å². The predicted molar refractivity (Wildman–Crippen MR) is 73.9 cm³/mol. The molecule has 0 saturated heterocycles. The van der Waals surface area contributed by atoms with Crippen molar-refractivity contribution in [1.82, 2.24) is 4.98 Å². The standard InChI is InChI=1S/C14H10ClN3O2/c15-11-6-9(3-4-12(11)17)14(19)20-8-10-2-1-5-18-13(10)7-16/h1-6H,8,17H2. The molecule has 0 spiro atoms. The summed E-state index contributed by atoms with van der Waals surface area (Å²) in [6.07, 6.45) is 1.50. The molecule has 2 rings (SSSR count). The van der Waals surface area contributed by atoms with E-state index in [1.807, 2.05) is 6.07 Å². The Morgan fingerprint density at radius 3 is 2.95 bits per heavy atom. The van der Waals surface area contributed by atoms with Gasteiger partial charge < -0.3 is 10.5 Å². The molecule has 0 amide bonds. The predicted octanol–water partition coefficient (Wildman–Crippen LogP) is 2.55. The van der Waals surface area contributed by atoms with Crippen molar-refractivity contribution in [2.24, 2.45) is 0 Å². The second kappa shape index (κ2) is 6.04. The average Bonchev–Trinajstić information content (AvgIpc) is 2.47. The van der Waals surface area contributed by atoms with E-state index in [1.54, 1.807) is 12.1 Å². The second-order valence-corrected chi connectivity index (χ2v) is 4.34. The maximum absolute atomic E-state index is 11.9. The smallest absolute Gasteiger partial charge is 0.338 e. The Hall–Kier alpha value is -2.58. The van der Waals surface area contributed by atoms with E-state index < -0.39 is 5.97 Å². The molecular weight excluding hydrogens is 278 g/mol. The topological polar surface area (TPSA) is 89.0 Å². The molecule has 0 atom stereocenters. The summed E-state index contributed by atoms with van der Waals surface area (Å²) < 4.78 is 5.12. The van der Waals surface area contributed by atoms with Crippen LogP contribution in [0.1, 0.15) is 21.6 Å². The van der Waals surface area contributed by atoms with Crippen molar-refractivity contribution >= 4 is 23.3 Å². The van der Waals surface area contributed by atoms with Gasteiger partial charge in [-0.2, -0.15) is 5.26 Å². The number of carbonyl (C=O) groups excluding carboxylic acids is 1. The van der Waals surface area contributed by atoms with Gasteiger partial charge in [-0.1, -0.05) is 17.7 Å². The van der Waals surface area contributed by atoms with Crippen LogP contribution in [0.15, 0.2) is 36.5 Å². The van der Waals surface area contributed by atoms with Crippen LogP contribution in [0, 0.1) is 11.3 Å². The first-order valence-corrected chi connectivity index (χ1v) is 6.05. The first-order valence-electron chi connectivity index (χ1n) is 5.68. The number of ether oxygens (including phenoxy) is 1. The summed E-state index contributed by atoms with van der Waals surface area (Å²) in [5.74, 6) is -0.542. The van der Waals surface area contributed by atoms with Crippen molar-refractivity contribution in [3.63, 3.8) is 0 Å². The monoisotopic (exact) mass is 287 g/mol. The van der Waals surface area contributed by atoms with Crippen LogP contribution < -0.4 is 5.73 Å². The van der Waals surface area contributed by atoms with Crippen molar-refractivity contribution < 1.29 is 9.53 Å². The van der Waals surface area contributed by atoms with Crippen LogP contribution in [0.25, 0.3) is 0 Å². The lowest BCUT2D eigenvalue weighted by atomic mass is 10.2. The van der Waals surface area contributed by atoms with Crippen LogP contribution in [0.3, 0.4) is 0 Å². The van der Waals surface area contributed by atoms with Gasteiger partial charge in [0.2, 0.25) is 0 Å². The Bertz CT molecular complexity index is 695. The maximum atomic E-state index is 11.9. The lowest BCUT2D eigenvalue weighted by Gasteiger charge is -2.06. The van der Waals surface area contributed by atoms with Crippen LogP contribution in [0.5, 0.6) is 0 Å². The SMILES string of the molecule is N#Cc1ncccc1COC(=O)c1ccc(N)c(Cl)c1. The van der Waals surface area contributed by atoms with Crippen molar-refractivity contribution in [2.75, 3.05) is 5.73 Å². The van der Waals surface area contributed by atoms with E-state index >= 15 is 0 Å². The van der Waals surface area contributed by atoms with E-state index in [0.717, 1.165) is 0 Å². The average molecular weight is 288 g/mol. The highest BCUT2D eigenvalue weighted by Gasteiger charge is 2.11. The van der Waals surface area contributed by atoms with Gasteiger partial charge in [0, 0.05) is 11.8 Å². The number of benzene rings is 1. The number of nitrogens with zero attached hydrogens (tertiary/aromatic N) is 2. The Morgan fingerprint density at radius 2 is 2.25 bits per heavy atom. The fourth-order valence-electron chi connectivity index (χ4n) is 1.54. The van der Waals surface area contributed by atoms with Crippen molar-refractivity contribution in [1.29, 1.82) is 5.26 Å². The zero-order chi connectivity index (χ0) is 14.5. The normalized spacial score (nSPS) is 9.80. The number of pyridine rings is 1. The Labute approximate surface area is 120 Å². The van der Waals surface area contributed by atoms with Crippen LogP contribution in [0.2, 0.25) is 5.02 Å². The molecule has 1 aromatic heterocycles. The fourth-order valence-corrected chi connectivity index (χ4v) is 1.72. The van der Waals surface area contributed by atoms with Gasteiger partial charge in [-0.25, -0.2) is 9.78 Å². The largest absolute Gasteiger partial charge is 0.457 e. The molecule has 0 radical (unpaired) electrons. The highest BCUT2D eigenvalue weighted by Crippen LogP contribution is 2.20. The number of rotatable bonds is 3. The maximum Gasteiger partial charge on any atom is 0.338 e. The molecule has 6 heteroatoms. The first-order chi connectivity index (χ1) is 9.61. The summed E-state index contributed by atoms with van der Waals surface area (Å²) >= 11 is 5.84. The number of nitrogens with two attached hydrogens (primary N) is 1. The Balaban J connectivity index is 2.09. The summed E-state index contributed by atoms with van der Waals surface area (Å²) in [6, 6.07) is 9.78. The molecule has 0 bridgehead atoms. The third kappa shape index (κ3) is 3.05. The number of carbonyl (C=O) groups is 1. The van der Waals surface area contributed by atoms with E-state index in [1.165, 1.54) is 24.4 Å². The van der Waals surface area contributed by atoms with Crippen LogP contribution in [-0.4, -0.2) is 11.0 Å². The second-order valence-electron chi connectivity index (χ2n) is 3.94. The van der Waals surface area contributed by atoms with E-state index in [0.29, 0.717) is 21.8 Å². The number of halogens is 1. The third-order valence-electron chi connectivity index (χ3n) is 2.59. The molecule has 0 unspecified atom stereocenters. The number of nitrogen functional groups attached to an aromatic ring is 1. The molecule has 100 valence electrons. The molecule has 5 nitrogen and oxygen atoms in total. The molecular formula is C14H10ClN3O2. The lowest BCUT2D eigenvalue weighted by Crippen LogP contribution is -2.07. The van der Waals surface area contributed by atoms with Crippen LogP contribution >= 0.6 is 11.6 Å². The minimum absolute atomic E-state index is 0.0302. The molecule has 0 saturated carbocycles. The number of nitriles is 1. The Morgan fingerprint density at radius 1 is 1.45 bits per heavy atom. The Kier molecular flexibility index (Phi) is 4.18. The van der Waals surface area contributed by atoms with Gasteiger partial charge in [0.1, 0.15) is 18.4 Å². The van der Waals surface area contributed by atoms with Gasteiger partial charge in [0.05, 0.1) is 16.3 Å². The van der Waals surface area contributed by atoms with E-state index in [2.05, 4.69) is 4.98 Å². The van der Waals surface area contributed by atoms with E-state index in [9.17, 15) is 4.79 Å². The zero-order valence-corrected chi connectivity index (χ0v) is 11.1. The third-order valence-corrected chi connectivity index (χ3v) is 2.92. The van der Waals surface area contributed by atoms with Gasteiger partial charge in [0.25, 0.3) is 0 Å². The summed E-state index contributed by atoms with van der Waals surface area (Å²) in [5, 5.41) is 9.17. The fraction of sp³-hybridized carbons (Fsp3) is 0.0714. The van der Waals surface area contributed by atoms with E-state index in [4.69, 9.17) is 27.3 Å². The summed E-state index contributed by atoms with van der Waals surface area (Å²) in [4.78, 5) is 15.7. The number of anilines is 1.